The van der Waals surface area contributed by atoms with E-state index in [2.05, 4.69) is 5.32 Å². The summed E-state index contributed by atoms with van der Waals surface area (Å²) in [6.07, 6.45) is 2.36. The maximum absolute atomic E-state index is 11.6. The van der Waals surface area contributed by atoms with Crippen LogP contribution in [-0.2, 0) is 14.4 Å². The van der Waals surface area contributed by atoms with Gasteiger partial charge in [-0.25, -0.2) is 4.79 Å². The predicted octanol–water partition coefficient (Wildman–Crippen LogP) is 1.50. The first-order valence-electron chi connectivity index (χ1n) is 5.88. The molecule has 7 heteroatoms. The van der Waals surface area contributed by atoms with Crippen molar-refractivity contribution in [2.75, 3.05) is 0 Å². The van der Waals surface area contributed by atoms with Crippen molar-refractivity contribution in [3.8, 4) is 0 Å². The van der Waals surface area contributed by atoms with Crippen LogP contribution in [0.2, 0.25) is 0 Å². The molecule has 1 amide bonds. The molecule has 1 heterocycles. The van der Waals surface area contributed by atoms with Crippen LogP contribution < -0.4 is 5.32 Å². The molecule has 1 atom stereocenters. The smallest absolute Gasteiger partial charge is 0.326 e. The van der Waals surface area contributed by atoms with Gasteiger partial charge in [-0.3, -0.25) is 9.59 Å². The van der Waals surface area contributed by atoms with Gasteiger partial charge in [0.25, 0.3) is 0 Å². The summed E-state index contributed by atoms with van der Waals surface area (Å²) >= 11 is 1.51. The number of thiophene rings is 1. The van der Waals surface area contributed by atoms with Crippen molar-refractivity contribution in [3.63, 3.8) is 0 Å². The second-order valence-electron chi connectivity index (χ2n) is 4.11. The van der Waals surface area contributed by atoms with Crippen LogP contribution in [0.5, 0.6) is 0 Å². The van der Waals surface area contributed by atoms with Crippen molar-refractivity contribution >= 4 is 35.3 Å². The molecule has 0 saturated heterocycles. The molecule has 3 N–H and O–H groups in total. The van der Waals surface area contributed by atoms with Crippen LogP contribution in [0.4, 0.5) is 0 Å². The van der Waals surface area contributed by atoms with Crippen LogP contribution in [0.1, 0.15) is 22.6 Å². The van der Waals surface area contributed by atoms with Crippen LogP contribution in [0, 0.1) is 6.92 Å². The first-order valence-corrected chi connectivity index (χ1v) is 6.69. The van der Waals surface area contributed by atoms with E-state index in [1.165, 1.54) is 17.4 Å². The number of aryl methyl sites for hydroxylation is 1. The highest BCUT2D eigenvalue weighted by Gasteiger charge is 2.19. The zero-order valence-corrected chi connectivity index (χ0v) is 11.6. The van der Waals surface area contributed by atoms with Gasteiger partial charge in [-0.15, -0.1) is 11.3 Å². The van der Waals surface area contributed by atoms with Crippen LogP contribution >= 0.6 is 11.3 Å². The summed E-state index contributed by atoms with van der Waals surface area (Å²) in [6.45, 7) is 1.94. The van der Waals surface area contributed by atoms with E-state index in [0.29, 0.717) is 0 Å². The van der Waals surface area contributed by atoms with E-state index >= 15 is 0 Å². The first-order chi connectivity index (χ1) is 9.38. The zero-order chi connectivity index (χ0) is 15.1. The van der Waals surface area contributed by atoms with Gasteiger partial charge in [0.1, 0.15) is 6.04 Å². The number of rotatable bonds is 7. The Labute approximate surface area is 119 Å². The van der Waals surface area contributed by atoms with Gasteiger partial charge in [0, 0.05) is 22.3 Å². The summed E-state index contributed by atoms with van der Waals surface area (Å²) in [5, 5.41) is 19.7. The lowest BCUT2D eigenvalue weighted by Crippen LogP contribution is -2.40. The molecule has 20 heavy (non-hydrogen) atoms. The highest BCUT2D eigenvalue weighted by atomic mass is 32.1. The van der Waals surface area contributed by atoms with E-state index in [4.69, 9.17) is 10.2 Å². The largest absolute Gasteiger partial charge is 0.481 e. The second kappa shape index (κ2) is 7.44. The molecular formula is C13H15NO5S. The normalized spacial score (nSPS) is 12.2. The quantitative estimate of drug-likeness (QED) is 0.662. The first kappa shape index (κ1) is 15.9. The van der Waals surface area contributed by atoms with Gasteiger partial charge in [-0.05, 0) is 31.6 Å². The highest BCUT2D eigenvalue weighted by molar-refractivity contribution is 7.12. The van der Waals surface area contributed by atoms with Gasteiger partial charge >= 0.3 is 11.9 Å². The van der Waals surface area contributed by atoms with Crippen molar-refractivity contribution in [2.45, 2.75) is 25.8 Å². The predicted molar refractivity (Wildman–Crippen MR) is 74.5 cm³/mol. The van der Waals surface area contributed by atoms with Gasteiger partial charge in [-0.1, -0.05) is 0 Å². The van der Waals surface area contributed by atoms with E-state index in [1.807, 2.05) is 19.1 Å². The Morgan fingerprint density at radius 2 is 2.05 bits per heavy atom. The van der Waals surface area contributed by atoms with Gasteiger partial charge in [0.05, 0.1) is 0 Å². The lowest BCUT2D eigenvalue weighted by atomic mass is 10.1. The van der Waals surface area contributed by atoms with Gasteiger partial charge in [0.2, 0.25) is 5.91 Å². The third kappa shape index (κ3) is 5.66. The summed E-state index contributed by atoms with van der Waals surface area (Å²) in [5.41, 5.74) is 0. The molecule has 1 aromatic heterocycles. The molecule has 1 rings (SSSR count). The molecule has 0 aromatic carbocycles. The summed E-state index contributed by atoms with van der Waals surface area (Å²) in [5.74, 6) is -2.91. The number of carboxylic acids is 2. The van der Waals surface area contributed by atoms with Crippen molar-refractivity contribution < 1.29 is 24.6 Å². The standard InChI is InChI=1S/C13H15NO5S/c1-8-2-3-9(20-8)4-6-11(15)14-10(13(18)19)5-7-12(16)17/h2-4,6,10H,5,7H2,1H3,(H,14,15)(H,16,17)(H,18,19)/b6-4+/t10-/m0/s1. The van der Waals surface area contributed by atoms with Gasteiger partial charge in [-0.2, -0.15) is 0 Å². The van der Waals surface area contributed by atoms with Crippen molar-refractivity contribution in [1.29, 1.82) is 0 Å². The maximum Gasteiger partial charge on any atom is 0.326 e. The lowest BCUT2D eigenvalue weighted by molar-refractivity contribution is -0.142. The summed E-state index contributed by atoms with van der Waals surface area (Å²) in [7, 11) is 0. The fourth-order valence-corrected chi connectivity index (χ4v) is 2.23. The third-order valence-electron chi connectivity index (χ3n) is 2.42. The number of aliphatic carboxylic acids is 2. The Morgan fingerprint density at radius 3 is 2.55 bits per heavy atom. The van der Waals surface area contributed by atoms with E-state index in [-0.39, 0.29) is 12.8 Å². The fraction of sp³-hybridized carbons (Fsp3) is 0.308. The molecule has 0 fully saturated rings. The third-order valence-corrected chi connectivity index (χ3v) is 3.39. The molecule has 0 saturated carbocycles. The van der Waals surface area contributed by atoms with Gasteiger partial charge in [0.15, 0.2) is 0 Å². The zero-order valence-electron chi connectivity index (χ0n) is 10.8. The number of carbonyl (C=O) groups is 3. The van der Waals surface area contributed by atoms with E-state index in [0.717, 1.165) is 9.75 Å². The minimum atomic E-state index is -1.25. The molecule has 108 valence electrons. The summed E-state index contributed by atoms with van der Waals surface area (Å²) < 4.78 is 0. The number of amides is 1. The van der Waals surface area contributed by atoms with Crippen molar-refractivity contribution in [1.82, 2.24) is 5.32 Å². The summed E-state index contributed by atoms with van der Waals surface area (Å²) in [4.78, 5) is 34.9. The molecule has 0 bridgehead atoms. The minimum absolute atomic E-state index is 0.150. The second-order valence-corrected chi connectivity index (χ2v) is 5.43. The molecule has 0 spiro atoms. The van der Waals surface area contributed by atoms with Crippen molar-refractivity contribution in [3.05, 3.63) is 28.0 Å². The van der Waals surface area contributed by atoms with Crippen LogP contribution in [0.25, 0.3) is 6.08 Å². The van der Waals surface area contributed by atoms with Crippen LogP contribution in [0.15, 0.2) is 18.2 Å². The summed E-state index contributed by atoms with van der Waals surface area (Å²) in [6, 6.07) is 2.56. The molecular weight excluding hydrogens is 282 g/mol. The molecule has 0 aliphatic heterocycles. The molecule has 0 aliphatic carbocycles. The topological polar surface area (TPSA) is 104 Å². The molecule has 0 aliphatic rings. The average molecular weight is 297 g/mol. The maximum atomic E-state index is 11.6. The molecule has 0 unspecified atom stereocenters. The van der Waals surface area contributed by atoms with Gasteiger partial charge < -0.3 is 15.5 Å². The monoisotopic (exact) mass is 297 g/mol. The SMILES string of the molecule is Cc1ccc(/C=C/C(=O)N[C@@H](CCC(=O)O)C(=O)O)s1. The number of hydrogen-bond donors (Lipinski definition) is 3. The number of carbonyl (C=O) groups excluding carboxylic acids is 1. The fourth-order valence-electron chi connectivity index (χ4n) is 1.45. The van der Waals surface area contributed by atoms with E-state index < -0.39 is 23.9 Å². The Bertz CT molecular complexity index is 535. The van der Waals surface area contributed by atoms with Crippen LogP contribution in [0.3, 0.4) is 0 Å². The average Bonchev–Trinajstić information content (AvgIpc) is 2.77. The Morgan fingerprint density at radius 1 is 1.35 bits per heavy atom. The lowest BCUT2D eigenvalue weighted by Gasteiger charge is -2.11. The van der Waals surface area contributed by atoms with Crippen molar-refractivity contribution in [2.24, 2.45) is 0 Å². The highest BCUT2D eigenvalue weighted by Crippen LogP contribution is 2.16. The number of nitrogens with one attached hydrogen (secondary N) is 1. The molecule has 0 radical (unpaired) electrons. The number of carboxylic acid groups (broad SMARTS) is 2. The van der Waals surface area contributed by atoms with E-state index in [1.54, 1.807) is 6.08 Å². The Hall–Kier alpha value is -2.15. The Balaban J connectivity index is 2.55. The number of hydrogen-bond acceptors (Lipinski definition) is 4. The Kier molecular flexibility index (Phi) is 5.92. The molecule has 1 aromatic rings. The molecule has 6 nitrogen and oxygen atoms in total. The van der Waals surface area contributed by atoms with Crippen LogP contribution in [-0.4, -0.2) is 34.1 Å². The van der Waals surface area contributed by atoms with E-state index in [9.17, 15) is 14.4 Å². The minimum Gasteiger partial charge on any atom is -0.481 e.